The minimum Gasteiger partial charge on any atom is -0.504 e. The number of phenolic OH excluding ortho intramolecular Hbond substituents is 2. The molecule has 0 bridgehead atoms. The maximum atomic E-state index is 12.0. The summed E-state index contributed by atoms with van der Waals surface area (Å²) >= 11 is 0. The molecule has 5 nitrogen and oxygen atoms in total. The smallest absolute Gasteiger partial charge is 0.254 e. The predicted octanol–water partition coefficient (Wildman–Crippen LogP) is 1.96. The van der Waals surface area contributed by atoms with Crippen molar-refractivity contribution in [1.82, 2.24) is 4.90 Å². The molecule has 1 amide bonds. The Morgan fingerprint density at radius 3 is 2.67 bits per heavy atom. The van der Waals surface area contributed by atoms with Gasteiger partial charge in [0.1, 0.15) is 0 Å². The summed E-state index contributed by atoms with van der Waals surface area (Å²) in [6.07, 6.45) is 3.11. The number of aromatic hydroxyl groups is 2. The number of rotatable bonds is 3. The fourth-order valence-corrected chi connectivity index (χ4v) is 1.61. The Kier molecular flexibility index (Phi) is 3.23. The molecular weight excluding hydrogens is 234 g/mol. The molecule has 0 saturated heterocycles. The summed E-state index contributed by atoms with van der Waals surface area (Å²) in [6.45, 7) is 0.414. The van der Waals surface area contributed by atoms with Gasteiger partial charge < -0.3 is 19.5 Å². The van der Waals surface area contributed by atoms with Gasteiger partial charge in [0.05, 0.1) is 12.5 Å². The van der Waals surface area contributed by atoms with Gasteiger partial charge in [-0.3, -0.25) is 4.79 Å². The third kappa shape index (κ3) is 2.45. The van der Waals surface area contributed by atoms with E-state index in [1.807, 2.05) is 0 Å². The summed E-state index contributed by atoms with van der Waals surface area (Å²) in [5.41, 5.74) is 1.20. The van der Waals surface area contributed by atoms with Gasteiger partial charge in [-0.05, 0) is 24.3 Å². The second-order valence-electron chi connectivity index (χ2n) is 4.00. The molecule has 2 aromatic rings. The van der Waals surface area contributed by atoms with Crippen molar-refractivity contribution in [3.05, 3.63) is 47.9 Å². The standard InChI is InChI=1S/C13H13NO4/c1-14(7-9-4-5-18-8-9)13(17)10-2-3-11(15)12(16)6-10/h2-6,8,15-16H,7H2,1H3. The summed E-state index contributed by atoms with van der Waals surface area (Å²) < 4.78 is 4.92. The fraction of sp³-hybridized carbons (Fsp3) is 0.154. The van der Waals surface area contributed by atoms with Crippen LogP contribution in [0.25, 0.3) is 0 Å². The highest BCUT2D eigenvalue weighted by molar-refractivity contribution is 5.94. The average Bonchev–Trinajstić information content (AvgIpc) is 2.84. The molecule has 5 heteroatoms. The van der Waals surface area contributed by atoms with E-state index in [1.54, 1.807) is 25.6 Å². The fourth-order valence-electron chi connectivity index (χ4n) is 1.61. The first kappa shape index (κ1) is 12.0. The highest BCUT2D eigenvalue weighted by Gasteiger charge is 2.14. The molecule has 18 heavy (non-hydrogen) atoms. The topological polar surface area (TPSA) is 73.9 Å². The Labute approximate surface area is 104 Å². The van der Waals surface area contributed by atoms with Gasteiger partial charge in [0.25, 0.3) is 5.91 Å². The van der Waals surface area contributed by atoms with Gasteiger partial charge in [0.2, 0.25) is 0 Å². The number of amides is 1. The second kappa shape index (κ2) is 4.83. The summed E-state index contributed by atoms with van der Waals surface area (Å²) in [7, 11) is 1.65. The van der Waals surface area contributed by atoms with Gasteiger partial charge in [-0.25, -0.2) is 0 Å². The number of hydrogen-bond donors (Lipinski definition) is 2. The summed E-state index contributed by atoms with van der Waals surface area (Å²) in [5.74, 6) is -0.798. The van der Waals surface area contributed by atoms with E-state index in [0.717, 1.165) is 5.56 Å². The van der Waals surface area contributed by atoms with Crippen LogP contribution in [0, 0.1) is 0 Å². The second-order valence-corrected chi connectivity index (χ2v) is 4.00. The van der Waals surface area contributed by atoms with Crippen molar-refractivity contribution < 1.29 is 19.4 Å². The van der Waals surface area contributed by atoms with Crippen LogP contribution < -0.4 is 0 Å². The van der Waals surface area contributed by atoms with E-state index in [1.165, 1.54) is 23.1 Å². The summed E-state index contributed by atoms with van der Waals surface area (Å²) in [6, 6.07) is 5.76. The Balaban J connectivity index is 2.12. The largest absolute Gasteiger partial charge is 0.504 e. The minimum absolute atomic E-state index is 0.244. The first-order valence-corrected chi connectivity index (χ1v) is 5.36. The molecule has 0 atom stereocenters. The predicted molar refractivity (Wildman–Crippen MR) is 64.3 cm³/mol. The van der Waals surface area contributed by atoms with Crippen LogP contribution in [-0.4, -0.2) is 28.1 Å². The lowest BCUT2D eigenvalue weighted by atomic mass is 10.1. The van der Waals surface area contributed by atoms with Crippen molar-refractivity contribution in [2.24, 2.45) is 0 Å². The van der Waals surface area contributed by atoms with Crippen molar-refractivity contribution in [3.8, 4) is 11.5 Å². The maximum Gasteiger partial charge on any atom is 0.254 e. The molecule has 0 aliphatic heterocycles. The lowest BCUT2D eigenvalue weighted by Crippen LogP contribution is -2.25. The lowest BCUT2D eigenvalue weighted by Gasteiger charge is -2.16. The first-order chi connectivity index (χ1) is 8.58. The van der Waals surface area contributed by atoms with Crippen molar-refractivity contribution in [3.63, 3.8) is 0 Å². The van der Waals surface area contributed by atoms with Crippen LogP contribution in [0.1, 0.15) is 15.9 Å². The molecule has 94 valence electrons. The van der Waals surface area contributed by atoms with Gasteiger partial charge in [-0.2, -0.15) is 0 Å². The van der Waals surface area contributed by atoms with E-state index in [2.05, 4.69) is 0 Å². The van der Waals surface area contributed by atoms with Crippen molar-refractivity contribution in [1.29, 1.82) is 0 Å². The van der Waals surface area contributed by atoms with Crippen molar-refractivity contribution in [2.75, 3.05) is 7.05 Å². The average molecular weight is 247 g/mol. The van der Waals surface area contributed by atoms with Crippen LogP contribution in [0.2, 0.25) is 0 Å². The molecule has 0 aliphatic carbocycles. The van der Waals surface area contributed by atoms with Gasteiger partial charge in [0.15, 0.2) is 11.5 Å². The minimum atomic E-state index is -0.308. The highest BCUT2D eigenvalue weighted by Crippen LogP contribution is 2.25. The van der Waals surface area contributed by atoms with E-state index in [9.17, 15) is 15.0 Å². The first-order valence-electron chi connectivity index (χ1n) is 5.36. The van der Waals surface area contributed by atoms with E-state index < -0.39 is 0 Å². The van der Waals surface area contributed by atoms with Gasteiger partial charge >= 0.3 is 0 Å². The van der Waals surface area contributed by atoms with Crippen LogP contribution in [0.15, 0.2) is 41.2 Å². The zero-order valence-corrected chi connectivity index (χ0v) is 9.83. The molecule has 1 aromatic carbocycles. The molecule has 0 aliphatic rings. The van der Waals surface area contributed by atoms with E-state index in [-0.39, 0.29) is 17.4 Å². The van der Waals surface area contributed by atoms with Crippen molar-refractivity contribution in [2.45, 2.75) is 6.54 Å². The van der Waals surface area contributed by atoms with E-state index in [0.29, 0.717) is 12.1 Å². The Morgan fingerprint density at radius 1 is 1.28 bits per heavy atom. The number of nitrogens with zero attached hydrogens (tertiary/aromatic N) is 1. The Morgan fingerprint density at radius 2 is 2.06 bits per heavy atom. The van der Waals surface area contributed by atoms with E-state index >= 15 is 0 Å². The van der Waals surface area contributed by atoms with E-state index in [4.69, 9.17) is 4.42 Å². The normalized spacial score (nSPS) is 10.3. The summed E-state index contributed by atoms with van der Waals surface area (Å²) in [4.78, 5) is 13.5. The monoisotopic (exact) mass is 247 g/mol. The van der Waals surface area contributed by atoms with Gasteiger partial charge in [-0.1, -0.05) is 0 Å². The summed E-state index contributed by atoms with van der Waals surface area (Å²) in [5, 5.41) is 18.5. The number of benzene rings is 1. The molecule has 0 fully saturated rings. The highest BCUT2D eigenvalue weighted by atomic mass is 16.3. The van der Waals surface area contributed by atoms with Crippen LogP contribution >= 0.6 is 0 Å². The zero-order valence-electron chi connectivity index (χ0n) is 9.83. The molecule has 0 radical (unpaired) electrons. The van der Waals surface area contributed by atoms with Crippen LogP contribution in [0.4, 0.5) is 0 Å². The Bertz CT molecular complexity index is 548. The van der Waals surface area contributed by atoms with Crippen LogP contribution in [-0.2, 0) is 6.54 Å². The quantitative estimate of drug-likeness (QED) is 0.813. The van der Waals surface area contributed by atoms with Crippen LogP contribution in [0.3, 0.4) is 0 Å². The van der Waals surface area contributed by atoms with Crippen molar-refractivity contribution >= 4 is 5.91 Å². The van der Waals surface area contributed by atoms with Gasteiger partial charge in [-0.15, -0.1) is 0 Å². The number of carbonyl (C=O) groups is 1. The molecule has 2 N–H and O–H groups in total. The molecule has 1 heterocycles. The maximum absolute atomic E-state index is 12.0. The zero-order chi connectivity index (χ0) is 13.1. The molecule has 0 saturated carbocycles. The number of carbonyl (C=O) groups excluding carboxylic acids is 1. The molecular formula is C13H13NO4. The lowest BCUT2D eigenvalue weighted by molar-refractivity contribution is 0.0784. The third-order valence-electron chi connectivity index (χ3n) is 2.57. The van der Waals surface area contributed by atoms with Crippen LogP contribution in [0.5, 0.6) is 11.5 Å². The molecule has 1 aromatic heterocycles. The molecule has 0 spiro atoms. The molecule has 0 unspecified atom stereocenters. The Hall–Kier alpha value is -2.43. The van der Waals surface area contributed by atoms with Gasteiger partial charge in [0, 0.05) is 24.7 Å². The number of furan rings is 1. The third-order valence-corrected chi connectivity index (χ3v) is 2.57. The number of phenols is 2. The SMILES string of the molecule is CN(Cc1ccoc1)C(=O)c1ccc(O)c(O)c1. The molecule has 2 rings (SSSR count). The number of hydrogen-bond acceptors (Lipinski definition) is 4.